The predicted octanol–water partition coefficient (Wildman–Crippen LogP) is 2.73. The molecule has 1 N–H and O–H groups in total. The molecule has 0 fully saturated rings. The first kappa shape index (κ1) is 19.3. The predicted molar refractivity (Wildman–Crippen MR) is 91.5 cm³/mol. The highest BCUT2D eigenvalue weighted by atomic mass is 19.1. The number of rotatable bonds is 7. The molecule has 0 saturated heterocycles. The van der Waals surface area contributed by atoms with Crippen molar-refractivity contribution in [2.24, 2.45) is 0 Å². The van der Waals surface area contributed by atoms with Crippen molar-refractivity contribution in [2.45, 2.75) is 13.5 Å². The molecule has 26 heavy (non-hydrogen) atoms. The van der Waals surface area contributed by atoms with Crippen molar-refractivity contribution in [3.05, 3.63) is 53.2 Å². The molecule has 7 nitrogen and oxygen atoms in total. The third-order valence-corrected chi connectivity index (χ3v) is 3.56. The summed E-state index contributed by atoms with van der Waals surface area (Å²) < 4.78 is 28.5. The fraction of sp³-hybridized carbons (Fsp3) is 0.333. The maximum absolute atomic E-state index is 13.0. The molecular weight excluding hydrogens is 343 g/mol. The largest absolute Gasteiger partial charge is 0.492 e. The maximum atomic E-state index is 13.0. The van der Waals surface area contributed by atoms with Gasteiger partial charge in [-0.25, -0.2) is 14.0 Å². The van der Waals surface area contributed by atoms with Gasteiger partial charge in [0.25, 0.3) is 0 Å². The lowest BCUT2D eigenvalue weighted by Crippen LogP contribution is -2.38. The number of carbonyl (C=O) groups excluding carboxylic acids is 2. The fourth-order valence-electron chi connectivity index (χ4n) is 2.26. The highest BCUT2D eigenvalue weighted by Gasteiger charge is 2.17. The molecule has 2 amide bonds. The summed E-state index contributed by atoms with van der Waals surface area (Å²) in [5.41, 5.74) is 0.333. The maximum Gasteiger partial charge on any atom is 0.341 e. The fourth-order valence-corrected chi connectivity index (χ4v) is 2.26. The SMILES string of the molecule is COC(=O)c1cc(CN(C)C(=O)NCCOc2cccc(F)c2)oc1C. The normalized spacial score (nSPS) is 10.3. The van der Waals surface area contributed by atoms with Gasteiger partial charge >= 0.3 is 12.0 Å². The molecule has 8 heteroatoms. The first-order valence-electron chi connectivity index (χ1n) is 7.95. The van der Waals surface area contributed by atoms with Crippen molar-refractivity contribution >= 4 is 12.0 Å². The van der Waals surface area contributed by atoms with E-state index in [2.05, 4.69) is 10.1 Å². The van der Waals surface area contributed by atoms with Gasteiger partial charge in [-0.2, -0.15) is 0 Å². The van der Waals surface area contributed by atoms with Crippen LogP contribution in [-0.4, -0.2) is 44.2 Å². The Morgan fingerprint density at radius 1 is 1.31 bits per heavy atom. The molecule has 2 rings (SSSR count). The zero-order valence-electron chi connectivity index (χ0n) is 14.9. The van der Waals surface area contributed by atoms with E-state index in [0.717, 1.165) is 0 Å². The van der Waals surface area contributed by atoms with Crippen LogP contribution in [0.1, 0.15) is 21.9 Å². The van der Waals surface area contributed by atoms with Crippen LogP contribution in [0.3, 0.4) is 0 Å². The minimum atomic E-state index is -0.487. The van der Waals surface area contributed by atoms with Crippen molar-refractivity contribution in [1.82, 2.24) is 10.2 Å². The molecule has 0 saturated carbocycles. The number of amides is 2. The zero-order chi connectivity index (χ0) is 19.1. The van der Waals surface area contributed by atoms with Gasteiger partial charge in [-0.15, -0.1) is 0 Å². The Hall–Kier alpha value is -3.03. The Bertz CT molecular complexity index is 775. The van der Waals surface area contributed by atoms with Gasteiger partial charge in [-0.05, 0) is 25.1 Å². The highest BCUT2D eigenvalue weighted by Crippen LogP contribution is 2.17. The second kappa shape index (κ2) is 8.89. The summed E-state index contributed by atoms with van der Waals surface area (Å²) in [6.07, 6.45) is 0. The van der Waals surface area contributed by atoms with Crippen LogP contribution in [0.2, 0.25) is 0 Å². The number of hydrogen-bond donors (Lipinski definition) is 1. The minimum Gasteiger partial charge on any atom is -0.492 e. The molecule has 0 unspecified atom stereocenters. The number of furan rings is 1. The van der Waals surface area contributed by atoms with Crippen molar-refractivity contribution in [1.29, 1.82) is 0 Å². The van der Waals surface area contributed by atoms with Crippen molar-refractivity contribution < 1.29 is 27.9 Å². The van der Waals surface area contributed by atoms with Gasteiger partial charge in [0.1, 0.15) is 35.3 Å². The molecule has 0 aliphatic carbocycles. The first-order valence-corrected chi connectivity index (χ1v) is 7.95. The molecule has 0 radical (unpaired) electrons. The van der Waals surface area contributed by atoms with Crippen LogP contribution in [0.5, 0.6) is 5.75 Å². The van der Waals surface area contributed by atoms with E-state index in [9.17, 15) is 14.0 Å². The monoisotopic (exact) mass is 364 g/mol. The van der Waals surface area contributed by atoms with E-state index in [0.29, 0.717) is 22.8 Å². The molecular formula is C18H21FN2O5. The Balaban J connectivity index is 1.78. The number of methoxy groups -OCH3 is 1. The van der Waals surface area contributed by atoms with E-state index in [1.54, 1.807) is 32.2 Å². The van der Waals surface area contributed by atoms with Crippen molar-refractivity contribution in [3.63, 3.8) is 0 Å². The van der Waals surface area contributed by atoms with Gasteiger partial charge in [-0.3, -0.25) is 0 Å². The van der Waals surface area contributed by atoms with Gasteiger partial charge in [0.2, 0.25) is 0 Å². The minimum absolute atomic E-state index is 0.189. The Morgan fingerprint density at radius 2 is 2.08 bits per heavy atom. The topological polar surface area (TPSA) is 81.0 Å². The zero-order valence-corrected chi connectivity index (χ0v) is 14.9. The van der Waals surface area contributed by atoms with Crippen molar-refractivity contribution in [2.75, 3.05) is 27.3 Å². The van der Waals surface area contributed by atoms with Gasteiger partial charge in [0.15, 0.2) is 0 Å². The first-order chi connectivity index (χ1) is 12.4. The number of esters is 1. The molecule has 1 aromatic carbocycles. The van der Waals surface area contributed by atoms with Crippen LogP contribution < -0.4 is 10.1 Å². The van der Waals surface area contributed by atoms with Crippen LogP contribution >= 0.6 is 0 Å². The molecule has 0 atom stereocenters. The standard InChI is InChI=1S/C18H21FN2O5/c1-12-16(17(22)24-3)10-15(26-12)11-21(2)18(23)20-7-8-25-14-6-4-5-13(19)9-14/h4-6,9-10H,7-8,11H2,1-3H3,(H,20,23). The second-order valence-corrected chi connectivity index (χ2v) is 5.57. The molecule has 0 spiro atoms. The Labute approximate surface area is 150 Å². The smallest absolute Gasteiger partial charge is 0.341 e. The van der Waals surface area contributed by atoms with Crippen LogP contribution in [0.25, 0.3) is 0 Å². The average Bonchev–Trinajstić information content (AvgIpc) is 2.98. The summed E-state index contributed by atoms with van der Waals surface area (Å²) in [6, 6.07) is 7.00. The van der Waals surface area contributed by atoms with E-state index in [1.807, 2.05) is 0 Å². The summed E-state index contributed by atoms with van der Waals surface area (Å²) in [7, 11) is 2.89. The van der Waals surface area contributed by atoms with Crippen LogP contribution in [0.4, 0.5) is 9.18 Å². The summed E-state index contributed by atoms with van der Waals surface area (Å²) in [5, 5.41) is 2.68. The van der Waals surface area contributed by atoms with Gasteiger partial charge in [0, 0.05) is 13.1 Å². The summed E-state index contributed by atoms with van der Waals surface area (Å²) in [4.78, 5) is 25.0. The second-order valence-electron chi connectivity index (χ2n) is 5.57. The van der Waals surface area contributed by atoms with E-state index in [1.165, 1.54) is 24.1 Å². The number of urea groups is 1. The molecule has 140 valence electrons. The summed E-state index contributed by atoms with van der Waals surface area (Å²) in [5.74, 6) is 0.431. The third-order valence-electron chi connectivity index (χ3n) is 3.56. The van der Waals surface area contributed by atoms with Crippen LogP contribution in [-0.2, 0) is 11.3 Å². The van der Waals surface area contributed by atoms with E-state index < -0.39 is 5.97 Å². The molecule has 1 aromatic heterocycles. The molecule has 0 bridgehead atoms. The lowest BCUT2D eigenvalue weighted by atomic mass is 10.2. The average molecular weight is 364 g/mol. The van der Waals surface area contributed by atoms with Gasteiger partial charge in [0.05, 0.1) is 20.2 Å². The quantitative estimate of drug-likeness (QED) is 0.603. The Kier molecular flexibility index (Phi) is 6.60. The third kappa shape index (κ3) is 5.23. The number of nitrogens with zero attached hydrogens (tertiary/aromatic N) is 1. The van der Waals surface area contributed by atoms with Crippen LogP contribution in [0, 0.1) is 12.7 Å². The summed E-state index contributed by atoms with van der Waals surface area (Å²) >= 11 is 0. The number of halogens is 1. The van der Waals surface area contributed by atoms with Gasteiger partial charge in [-0.1, -0.05) is 6.07 Å². The molecule has 0 aliphatic heterocycles. The number of aryl methyl sites for hydroxylation is 1. The van der Waals surface area contributed by atoms with Gasteiger partial charge < -0.3 is 24.1 Å². The number of benzene rings is 1. The lowest BCUT2D eigenvalue weighted by Gasteiger charge is -2.16. The number of ether oxygens (including phenoxy) is 2. The Morgan fingerprint density at radius 3 is 2.77 bits per heavy atom. The molecule has 0 aliphatic rings. The lowest BCUT2D eigenvalue weighted by molar-refractivity contribution is 0.0598. The summed E-state index contributed by atoms with van der Waals surface area (Å²) in [6.45, 7) is 2.30. The number of nitrogens with one attached hydrogen (secondary N) is 1. The van der Waals surface area contributed by atoms with E-state index in [-0.39, 0.29) is 31.5 Å². The van der Waals surface area contributed by atoms with E-state index in [4.69, 9.17) is 9.15 Å². The molecule has 1 heterocycles. The number of carbonyl (C=O) groups is 2. The highest BCUT2D eigenvalue weighted by molar-refractivity contribution is 5.90. The number of hydrogen-bond acceptors (Lipinski definition) is 5. The van der Waals surface area contributed by atoms with Crippen LogP contribution in [0.15, 0.2) is 34.7 Å². The van der Waals surface area contributed by atoms with E-state index >= 15 is 0 Å². The van der Waals surface area contributed by atoms with Crippen molar-refractivity contribution in [3.8, 4) is 5.75 Å². The molecule has 2 aromatic rings.